The highest BCUT2D eigenvalue weighted by Gasteiger charge is 2.30. The van der Waals surface area contributed by atoms with Crippen LogP contribution in [0, 0.1) is 0 Å². The van der Waals surface area contributed by atoms with Gasteiger partial charge in [-0.05, 0) is 43.5 Å². The molecule has 2 amide bonds. The summed E-state index contributed by atoms with van der Waals surface area (Å²) in [6.45, 7) is 0.592. The van der Waals surface area contributed by atoms with Crippen LogP contribution in [0.5, 0.6) is 0 Å². The van der Waals surface area contributed by atoms with E-state index in [2.05, 4.69) is 12.6 Å². The average molecular weight is 264 g/mol. The van der Waals surface area contributed by atoms with E-state index in [4.69, 9.17) is 5.73 Å². The van der Waals surface area contributed by atoms with Crippen LogP contribution in [-0.4, -0.2) is 29.3 Å². The van der Waals surface area contributed by atoms with Crippen molar-refractivity contribution in [1.29, 1.82) is 0 Å². The SMILES string of the molecule is NC(=O)C1CCCCN1C(=O)c1ccc(S)cc1. The minimum atomic E-state index is -0.470. The van der Waals surface area contributed by atoms with E-state index in [1.807, 2.05) is 0 Å². The number of amides is 2. The van der Waals surface area contributed by atoms with Gasteiger partial charge < -0.3 is 10.6 Å². The van der Waals surface area contributed by atoms with E-state index < -0.39 is 11.9 Å². The van der Waals surface area contributed by atoms with E-state index in [9.17, 15) is 9.59 Å². The molecule has 1 heterocycles. The van der Waals surface area contributed by atoms with Crippen molar-refractivity contribution in [3.63, 3.8) is 0 Å². The Morgan fingerprint density at radius 2 is 1.89 bits per heavy atom. The molecule has 2 rings (SSSR count). The molecule has 18 heavy (non-hydrogen) atoms. The Labute approximate surface area is 112 Å². The molecule has 4 nitrogen and oxygen atoms in total. The van der Waals surface area contributed by atoms with Gasteiger partial charge in [0.25, 0.3) is 5.91 Å². The zero-order chi connectivity index (χ0) is 13.1. The lowest BCUT2D eigenvalue weighted by atomic mass is 10.0. The number of hydrogen-bond donors (Lipinski definition) is 2. The van der Waals surface area contributed by atoms with Crippen LogP contribution in [0.3, 0.4) is 0 Å². The van der Waals surface area contributed by atoms with Crippen molar-refractivity contribution in [2.45, 2.75) is 30.2 Å². The molecule has 1 aliphatic rings. The predicted octanol–water partition coefficient (Wildman–Crippen LogP) is 1.46. The number of nitrogens with zero attached hydrogens (tertiary/aromatic N) is 1. The van der Waals surface area contributed by atoms with Crippen LogP contribution in [0.2, 0.25) is 0 Å². The van der Waals surface area contributed by atoms with Crippen molar-refractivity contribution >= 4 is 24.4 Å². The summed E-state index contributed by atoms with van der Waals surface area (Å²) >= 11 is 4.18. The van der Waals surface area contributed by atoms with Gasteiger partial charge in [0.1, 0.15) is 6.04 Å². The molecule has 1 unspecified atom stereocenters. The van der Waals surface area contributed by atoms with Gasteiger partial charge in [0.15, 0.2) is 0 Å². The van der Waals surface area contributed by atoms with Gasteiger partial charge in [-0.1, -0.05) is 0 Å². The molecule has 1 aromatic carbocycles. The fourth-order valence-corrected chi connectivity index (χ4v) is 2.39. The molecule has 0 bridgehead atoms. The summed E-state index contributed by atoms with van der Waals surface area (Å²) in [4.78, 5) is 26.1. The first-order chi connectivity index (χ1) is 8.59. The number of rotatable bonds is 2. The van der Waals surface area contributed by atoms with Gasteiger partial charge >= 0.3 is 0 Å². The highest BCUT2D eigenvalue weighted by Crippen LogP contribution is 2.20. The molecule has 2 N–H and O–H groups in total. The summed E-state index contributed by atoms with van der Waals surface area (Å²) in [5, 5.41) is 0. The molecule has 1 atom stereocenters. The van der Waals surface area contributed by atoms with Crippen LogP contribution < -0.4 is 5.73 Å². The molecule has 1 saturated heterocycles. The number of carbonyl (C=O) groups excluding carboxylic acids is 2. The van der Waals surface area contributed by atoms with E-state index in [-0.39, 0.29) is 5.91 Å². The van der Waals surface area contributed by atoms with E-state index >= 15 is 0 Å². The minimum Gasteiger partial charge on any atom is -0.368 e. The minimum absolute atomic E-state index is 0.133. The number of benzene rings is 1. The second kappa shape index (κ2) is 5.44. The number of hydrogen-bond acceptors (Lipinski definition) is 3. The predicted molar refractivity (Wildman–Crippen MR) is 71.6 cm³/mol. The molecule has 0 aliphatic carbocycles. The van der Waals surface area contributed by atoms with Gasteiger partial charge in [-0.25, -0.2) is 0 Å². The number of primary amides is 1. The molecule has 0 saturated carbocycles. The van der Waals surface area contributed by atoms with Crippen LogP contribution in [0.4, 0.5) is 0 Å². The fraction of sp³-hybridized carbons (Fsp3) is 0.385. The number of thiol groups is 1. The van der Waals surface area contributed by atoms with Crippen molar-refractivity contribution in [3.8, 4) is 0 Å². The smallest absolute Gasteiger partial charge is 0.254 e. The maximum atomic E-state index is 12.3. The normalized spacial score (nSPS) is 19.6. The highest BCUT2D eigenvalue weighted by atomic mass is 32.1. The number of likely N-dealkylation sites (tertiary alicyclic amines) is 1. The third-order valence-corrected chi connectivity index (χ3v) is 3.50. The molecule has 0 radical (unpaired) electrons. The van der Waals surface area contributed by atoms with Crippen molar-refractivity contribution in [2.75, 3.05) is 6.54 Å². The molecule has 1 fully saturated rings. The lowest BCUT2D eigenvalue weighted by Gasteiger charge is -2.33. The maximum Gasteiger partial charge on any atom is 0.254 e. The zero-order valence-electron chi connectivity index (χ0n) is 10.0. The fourth-order valence-electron chi connectivity index (χ4n) is 2.24. The summed E-state index contributed by atoms with van der Waals surface area (Å²) in [5.41, 5.74) is 5.92. The lowest BCUT2D eigenvalue weighted by Crippen LogP contribution is -2.50. The van der Waals surface area contributed by atoms with Gasteiger partial charge in [-0.15, -0.1) is 12.6 Å². The summed E-state index contributed by atoms with van der Waals surface area (Å²) < 4.78 is 0. The Kier molecular flexibility index (Phi) is 3.91. The molecule has 0 aromatic heterocycles. The van der Waals surface area contributed by atoms with Crippen molar-refractivity contribution in [1.82, 2.24) is 4.90 Å². The monoisotopic (exact) mass is 264 g/mol. The quantitative estimate of drug-likeness (QED) is 0.794. The molecule has 1 aromatic rings. The second-order valence-electron chi connectivity index (χ2n) is 4.46. The standard InChI is InChI=1S/C13H16N2O2S/c14-12(16)11-3-1-2-8-15(11)13(17)9-4-6-10(18)7-5-9/h4-7,11,18H,1-3,8H2,(H2,14,16). The van der Waals surface area contributed by atoms with Gasteiger partial charge in [0.05, 0.1) is 0 Å². The van der Waals surface area contributed by atoms with Crippen molar-refractivity contribution in [2.24, 2.45) is 5.73 Å². The Hall–Kier alpha value is -1.49. The van der Waals surface area contributed by atoms with Crippen LogP contribution in [0.1, 0.15) is 29.6 Å². The van der Waals surface area contributed by atoms with Gasteiger partial charge in [-0.3, -0.25) is 9.59 Å². The van der Waals surface area contributed by atoms with E-state index in [1.165, 1.54) is 0 Å². The summed E-state index contributed by atoms with van der Waals surface area (Å²) in [5.74, 6) is -0.555. The van der Waals surface area contributed by atoms with Crippen LogP contribution in [0.25, 0.3) is 0 Å². The zero-order valence-corrected chi connectivity index (χ0v) is 10.9. The van der Waals surface area contributed by atoms with Crippen LogP contribution in [0.15, 0.2) is 29.2 Å². The van der Waals surface area contributed by atoms with Gasteiger partial charge in [0.2, 0.25) is 5.91 Å². The van der Waals surface area contributed by atoms with E-state index in [0.29, 0.717) is 18.5 Å². The van der Waals surface area contributed by atoms with Crippen molar-refractivity contribution < 1.29 is 9.59 Å². The third-order valence-electron chi connectivity index (χ3n) is 3.21. The van der Waals surface area contributed by atoms with Gasteiger partial charge in [-0.2, -0.15) is 0 Å². The molecular weight excluding hydrogens is 248 g/mol. The van der Waals surface area contributed by atoms with Gasteiger partial charge in [0, 0.05) is 17.0 Å². The summed E-state index contributed by atoms with van der Waals surface area (Å²) in [7, 11) is 0. The second-order valence-corrected chi connectivity index (χ2v) is 4.98. The number of piperidine rings is 1. The van der Waals surface area contributed by atoms with E-state index in [0.717, 1.165) is 17.7 Å². The topological polar surface area (TPSA) is 63.4 Å². The lowest BCUT2D eigenvalue weighted by molar-refractivity contribution is -0.123. The number of carbonyl (C=O) groups is 2. The Morgan fingerprint density at radius 1 is 1.22 bits per heavy atom. The first-order valence-electron chi connectivity index (χ1n) is 5.99. The molecule has 5 heteroatoms. The Bertz CT molecular complexity index is 459. The van der Waals surface area contributed by atoms with Crippen LogP contribution in [-0.2, 0) is 4.79 Å². The molecule has 0 spiro atoms. The largest absolute Gasteiger partial charge is 0.368 e. The summed E-state index contributed by atoms with van der Waals surface area (Å²) in [6.07, 6.45) is 2.51. The highest BCUT2D eigenvalue weighted by molar-refractivity contribution is 7.80. The molecule has 96 valence electrons. The maximum absolute atomic E-state index is 12.3. The van der Waals surface area contributed by atoms with Crippen molar-refractivity contribution in [3.05, 3.63) is 29.8 Å². The third kappa shape index (κ3) is 2.67. The Morgan fingerprint density at radius 3 is 2.50 bits per heavy atom. The number of nitrogens with two attached hydrogens (primary N) is 1. The Balaban J connectivity index is 2.20. The average Bonchev–Trinajstić information content (AvgIpc) is 2.39. The van der Waals surface area contributed by atoms with E-state index in [1.54, 1.807) is 29.2 Å². The molecular formula is C13H16N2O2S. The first-order valence-corrected chi connectivity index (χ1v) is 6.43. The van der Waals surface area contributed by atoms with Crippen LogP contribution >= 0.6 is 12.6 Å². The summed E-state index contributed by atoms with van der Waals surface area (Å²) in [6, 6.07) is 6.50. The molecule has 1 aliphatic heterocycles. The first kappa shape index (κ1) is 13.0.